The number of aromatic nitrogens is 2. The van der Waals surface area contributed by atoms with Crippen LogP contribution in [0.1, 0.15) is 87.6 Å². The normalized spacial score (nSPS) is 14.2. The number of hydrogen-bond donors (Lipinski definition) is 2. The first kappa shape index (κ1) is 38.7. The van der Waals surface area contributed by atoms with Crippen LogP contribution in [0.2, 0.25) is 5.02 Å². The van der Waals surface area contributed by atoms with Crippen LogP contribution in [-0.4, -0.2) is 76.6 Å². The molecule has 6 rings (SSSR count). The van der Waals surface area contributed by atoms with Crippen LogP contribution in [0.3, 0.4) is 0 Å². The highest BCUT2D eigenvalue weighted by atomic mass is 35.5. The summed E-state index contributed by atoms with van der Waals surface area (Å²) >= 11 is 6.81. The molecule has 0 aliphatic carbocycles. The minimum Gasteiger partial charge on any atom is -0.394 e. The van der Waals surface area contributed by atoms with Gasteiger partial charge in [0, 0.05) is 25.2 Å². The van der Waals surface area contributed by atoms with Gasteiger partial charge in [0.25, 0.3) is 27.7 Å². The fourth-order valence-corrected chi connectivity index (χ4v) is 7.98. The Morgan fingerprint density at radius 2 is 1.57 bits per heavy atom. The van der Waals surface area contributed by atoms with Crippen molar-refractivity contribution in [3.05, 3.63) is 124 Å². The summed E-state index contributed by atoms with van der Waals surface area (Å²) in [5.74, 6) is -1.78. The number of nitrogens with one attached hydrogen (secondary N) is 1. The second-order valence-electron chi connectivity index (χ2n) is 13.6. The zero-order valence-electron chi connectivity index (χ0n) is 30.6. The molecule has 282 valence electrons. The van der Waals surface area contributed by atoms with Gasteiger partial charge in [-0.2, -0.15) is 5.10 Å². The number of halogens is 1. The molecule has 0 fully saturated rings. The van der Waals surface area contributed by atoms with Crippen molar-refractivity contribution < 1.29 is 27.9 Å². The summed E-state index contributed by atoms with van der Waals surface area (Å²) in [5, 5.41) is 16.8. The molecule has 1 aromatic heterocycles. The number of nitrogens with zero attached hydrogens (tertiary/aromatic N) is 4. The Bertz CT molecular complexity index is 2320. The van der Waals surface area contributed by atoms with E-state index in [1.165, 1.54) is 35.0 Å². The predicted octanol–water partition coefficient (Wildman–Crippen LogP) is 6.71. The van der Waals surface area contributed by atoms with Gasteiger partial charge in [-0.1, -0.05) is 92.9 Å². The molecule has 1 atom stereocenters. The maximum absolute atomic E-state index is 14.7. The van der Waals surface area contributed by atoms with Crippen LogP contribution < -0.4 is 4.72 Å². The molecule has 4 aromatic carbocycles. The number of unbranched alkanes of at least 4 members (excludes halogenated alkanes) is 2. The summed E-state index contributed by atoms with van der Waals surface area (Å²) in [5.41, 5.74) is 2.53. The third-order valence-electron chi connectivity index (χ3n) is 9.90. The second kappa shape index (κ2) is 16.5. The fourth-order valence-electron chi connectivity index (χ4n) is 6.77. The zero-order chi connectivity index (χ0) is 38.6. The largest absolute Gasteiger partial charge is 0.394 e. The van der Waals surface area contributed by atoms with Crippen LogP contribution in [-0.2, 0) is 23.0 Å². The molecule has 1 aliphatic rings. The monoisotopic (exact) mass is 769 g/mol. The van der Waals surface area contributed by atoms with Crippen molar-refractivity contribution in [1.82, 2.24) is 24.3 Å². The van der Waals surface area contributed by atoms with E-state index in [2.05, 4.69) is 23.7 Å². The van der Waals surface area contributed by atoms with E-state index in [1.54, 1.807) is 34.9 Å². The van der Waals surface area contributed by atoms with E-state index in [9.17, 15) is 27.9 Å². The van der Waals surface area contributed by atoms with Crippen LogP contribution in [0.4, 0.5) is 0 Å². The molecule has 0 spiro atoms. The molecule has 11 nitrogen and oxygen atoms in total. The number of aliphatic hydroxyl groups excluding tert-OH is 1. The van der Waals surface area contributed by atoms with E-state index in [0.717, 1.165) is 42.2 Å². The van der Waals surface area contributed by atoms with Gasteiger partial charge in [-0.15, -0.1) is 0 Å². The average molecular weight is 770 g/mol. The minimum atomic E-state index is -4.31. The molecule has 1 aliphatic heterocycles. The van der Waals surface area contributed by atoms with Gasteiger partial charge in [-0.3, -0.25) is 14.4 Å². The smallest absolute Gasteiger partial charge is 0.275 e. The molecule has 0 bridgehead atoms. The molecule has 2 heterocycles. The van der Waals surface area contributed by atoms with Crippen molar-refractivity contribution in [1.29, 1.82) is 0 Å². The SMILES string of the molecule is CCCCN(CCCC)C(=O)c1nn(-c2ccc(C(=O)NS(=O)(=O)c3ccc4ccccc4c3)cc2C(=O)N2Cc3ccccc3CC2CO)c(C)c1Cl. The Labute approximate surface area is 320 Å². The number of carbonyl (C=O) groups is 3. The van der Waals surface area contributed by atoms with Crippen LogP contribution >= 0.6 is 11.6 Å². The number of rotatable bonds is 13. The highest BCUT2D eigenvalue weighted by Crippen LogP contribution is 2.31. The van der Waals surface area contributed by atoms with E-state index < -0.39 is 27.9 Å². The molecule has 54 heavy (non-hydrogen) atoms. The van der Waals surface area contributed by atoms with Gasteiger partial charge in [0.15, 0.2) is 5.69 Å². The Hall–Kier alpha value is -5.04. The van der Waals surface area contributed by atoms with Crippen molar-refractivity contribution >= 4 is 50.1 Å². The molecule has 0 saturated carbocycles. The average Bonchev–Trinajstić information content (AvgIpc) is 3.48. The molecule has 1 unspecified atom stereocenters. The first-order chi connectivity index (χ1) is 26.0. The quantitative estimate of drug-likeness (QED) is 0.136. The second-order valence-corrected chi connectivity index (χ2v) is 15.6. The van der Waals surface area contributed by atoms with E-state index in [1.807, 2.05) is 36.4 Å². The van der Waals surface area contributed by atoms with Crippen molar-refractivity contribution in [3.8, 4) is 5.69 Å². The van der Waals surface area contributed by atoms with Gasteiger partial charge in [-0.05, 0) is 78.4 Å². The maximum Gasteiger partial charge on any atom is 0.275 e. The van der Waals surface area contributed by atoms with Crippen molar-refractivity contribution in [3.63, 3.8) is 0 Å². The Balaban J connectivity index is 1.41. The minimum absolute atomic E-state index is 0.0127. The van der Waals surface area contributed by atoms with Crippen LogP contribution in [0.15, 0.2) is 89.8 Å². The summed E-state index contributed by atoms with van der Waals surface area (Å²) < 4.78 is 30.5. The lowest BCUT2D eigenvalue weighted by molar-refractivity contribution is 0.0544. The lowest BCUT2D eigenvalue weighted by atomic mass is 9.93. The number of fused-ring (bicyclic) bond motifs is 2. The van der Waals surface area contributed by atoms with Gasteiger partial charge in [0.2, 0.25) is 0 Å². The van der Waals surface area contributed by atoms with Gasteiger partial charge < -0.3 is 14.9 Å². The number of aliphatic hydroxyl groups is 1. The van der Waals surface area contributed by atoms with E-state index in [-0.39, 0.29) is 51.5 Å². The van der Waals surface area contributed by atoms with E-state index >= 15 is 0 Å². The summed E-state index contributed by atoms with van der Waals surface area (Å²) in [4.78, 5) is 45.4. The molecule has 13 heteroatoms. The van der Waals surface area contributed by atoms with Gasteiger partial charge >= 0.3 is 0 Å². The number of hydrogen-bond acceptors (Lipinski definition) is 7. The first-order valence-corrected chi connectivity index (χ1v) is 20.1. The number of carbonyl (C=O) groups excluding carboxylic acids is 3. The fraction of sp³-hybridized carbons (Fsp3) is 0.317. The van der Waals surface area contributed by atoms with Crippen LogP contribution in [0.25, 0.3) is 16.5 Å². The Morgan fingerprint density at radius 1 is 0.907 bits per heavy atom. The van der Waals surface area contributed by atoms with Gasteiger partial charge in [-0.25, -0.2) is 17.8 Å². The summed E-state index contributed by atoms with van der Waals surface area (Å²) in [6.07, 6.45) is 3.85. The predicted molar refractivity (Wildman–Crippen MR) is 209 cm³/mol. The number of sulfonamides is 1. The third kappa shape index (κ3) is 7.91. The standard InChI is InChI=1S/C41H44ClN5O6S/c1-4-6-20-45(21-7-5-2)41(51)38-37(42)27(3)47(43-38)36-19-17-31(39(49)44-54(52,53)34-18-16-28-12-8-9-14-30(28)23-34)24-35(36)40(50)46-25-32-15-11-10-13-29(32)22-33(46)26-48/h8-19,23-24,33,48H,4-7,20-22,25-26H2,1-3H3,(H,44,49). The molecule has 3 amide bonds. The Morgan fingerprint density at radius 3 is 2.26 bits per heavy atom. The molecule has 2 N–H and O–H groups in total. The summed E-state index contributed by atoms with van der Waals surface area (Å²) in [6.45, 7) is 6.77. The van der Waals surface area contributed by atoms with Crippen LogP contribution in [0.5, 0.6) is 0 Å². The van der Waals surface area contributed by atoms with E-state index in [4.69, 9.17) is 11.6 Å². The van der Waals surface area contributed by atoms with E-state index in [0.29, 0.717) is 30.6 Å². The topological polar surface area (TPSA) is 142 Å². The molecule has 0 saturated heterocycles. The molecular formula is C41H44ClN5O6S. The highest BCUT2D eigenvalue weighted by Gasteiger charge is 2.33. The molecular weight excluding hydrogens is 726 g/mol. The van der Waals surface area contributed by atoms with Crippen LogP contribution in [0, 0.1) is 6.92 Å². The van der Waals surface area contributed by atoms with Gasteiger partial charge in [0.05, 0.1) is 39.5 Å². The van der Waals surface area contributed by atoms with Gasteiger partial charge in [0.1, 0.15) is 0 Å². The zero-order valence-corrected chi connectivity index (χ0v) is 32.2. The maximum atomic E-state index is 14.7. The van der Waals surface area contributed by atoms with Crippen molar-refractivity contribution in [2.45, 2.75) is 70.4 Å². The lowest BCUT2D eigenvalue weighted by Crippen LogP contribution is -2.46. The van der Waals surface area contributed by atoms with Crippen molar-refractivity contribution in [2.75, 3.05) is 19.7 Å². The number of benzene rings is 4. The highest BCUT2D eigenvalue weighted by molar-refractivity contribution is 7.90. The number of amides is 3. The summed E-state index contributed by atoms with van der Waals surface area (Å²) in [6, 6.07) is 23.2. The lowest BCUT2D eigenvalue weighted by Gasteiger charge is -2.36. The molecule has 0 radical (unpaired) electrons. The van der Waals surface area contributed by atoms with Crippen molar-refractivity contribution in [2.24, 2.45) is 0 Å². The first-order valence-electron chi connectivity index (χ1n) is 18.2. The molecule has 5 aromatic rings. The Kier molecular flexibility index (Phi) is 11.8. The summed E-state index contributed by atoms with van der Waals surface area (Å²) in [7, 11) is -4.31. The third-order valence-corrected chi connectivity index (χ3v) is 11.7.